The number of amides is 2. The van der Waals surface area contributed by atoms with Crippen molar-refractivity contribution in [2.24, 2.45) is 5.92 Å². The third-order valence-corrected chi connectivity index (χ3v) is 7.17. The standard InChI is InChI=1S/C27H32FN5O3/c1-4-22(34)33-9-7-18(8-10-33)32-27(35)23-16(3)31-26-24(29-14-30-25(23)26)19-11-15(2)20(28)12-21(19)36-13-17-5-6-17/h11-12,14,17-18,31H,4-10,13H2,1-3H3,(H,32,35). The van der Waals surface area contributed by atoms with Gasteiger partial charge in [0.2, 0.25) is 5.91 Å². The summed E-state index contributed by atoms with van der Waals surface area (Å²) in [5, 5.41) is 3.13. The molecule has 2 N–H and O–H groups in total. The molecule has 3 aromatic rings. The normalized spacial score (nSPS) is 16.4. The number of fused-ring (bicyclic) bond motifs is 1. The molecule has 0 bridgehead atoms. The Morgan fingerprint density at radius 2 is 1.92 bits per heavy atom. The minimum absolute atomic E-state index is 0.00811. The SMILES string of the molecule is CCC(=O)N1CCC(NC(=O)c2c(C)[nH]c3c(-c4cc(C)c(F)cc4OCC4CC4)ncnc23)CC1. The molecule has 8 nitrogen and oxygen atoms in total. The first-order valence-electron chi connectivity index (χ1n) is 12.7. The van der Waals surface area contributed by atoms with Crippen molar-refractivity contribution in [1.29, 1.82) is 0 Å². The molecule has 1 aliphatic carbocycles. The number of hydrogen-bond acceptors (Lipinski definition) is 5. The topological polar surface area (TPSA) is 100 Å². The molecule has 2 amide bonds. The summed E-state index contributed by atoms with van der Waals surface area (Å²) in [7, 11) is 0. The number of rotatable bonds is 7. The van der Waals surface area contributed by atoms with E-state index in [1.54, 1.807) is 13.0 Å². The number of halogens is 1. The molecule has 1 saturated carbocycles. The predicted octanol–water partition coefficient (Wildman–Crippen LogP) is 4.30. The summed E-state index contributed by atoms with van der Waals surface area (Å²) in [6.07, 6.45) is 5.62. The van der Waals surface area contributed by atoms with Gasteiger partial charge in [-0.15, -0.1) is 0 Å². The molecule has 2 aromatic heterocycles. The number of likely N-dealkylation sites (tertiary alicyclic amines) is 1. The second kappa shape index (κ2) is 9.87. The van der Waals surface area contributed by atoms with Crippen molar-refractivity contribution in [1.82, 2.24) is 25.2 Å². The second-order valence-corrected chi connectivity index (χ2v) is 9.90. The van der Waals surface area contributed by atoms with Crippen LogP contribution >= 0.6 is 0 Å². The van der Waals surface area contributed by atoms with Crippen LogP contribution in [0, 0.1) is 25.6 Å². The van der Waals surface area contributed by atoms with Gasteiger partial charge < -0.3 is 19.9 Å². The van der Waals surface area contributed by atoms with E-state index in [-0.39, 0.29) is 23.7 Å². The summed E-state index contributed by atoms with van der Waals surface area (Å²) >= 11 is 0. The van der Waals surface area contributed by atoms with E-state index in [4.69, 9.17) is 4.74 Å². The molecule has 2 aliphatic rings. The van der Waals surface area contributed by atoms with E-state index in [1.807, 2.05) is 18.7 Å². The van der Waals surface area contributed by atoms with Gasteiger partial charge in [-0.1, -0.05) is 6.92 Å². The molecule has 5 rings (SSSR count). The van der Waals surface area contributed by atoms with Crippen molar-refractivity contribution in [3.05, 3.63) is 41.1 Å². The molecule has 190 valence electrons. The molecule has 36 heavy (non-hydrogen) atoms. The van der Waals surface area contributed by atoms with Crippen molar-refractivity contribution in [3.8, 4) is 17.0 Å². The summed E-state index contributed by atoms with van der Waals surface area (Å²) in [5.41, 5.74) is 4.02. The maximum atomic E-state index is 14.4. The van der Waals surface area contributed by atoms with E-state index in [1.165, 1.54) is 12.4 Å². The van der Waals surface area contributed by atoms with E-state index in [0.717, 1.165) is 25.7 Å². The highest BCUT2D eigenvalue weighted by molar-refractivity contribution is 6.09. The van der Waals surface area contributed by atoms with E-state index in [2.05, 4.69) is 20.3 Å². The molecule has 1 saturated heterocycles. The second-order valence-electron chi connectivity index (χ2n) is 9.90. The fraction of sp³-hybridized carbons (Fsp3) is 0.481. The monoisotopic (exact) mass is 493 g/mol. The van der Waals surface area contributed by atoms with Gasteiger partial charge in [-0.2, -0.15) is 0 Å². The molecule has 9 heteroatoms. The Balaban J connectivity index is 1.43. The first-order chi connectivity index (χ1) is 17.4. The number of aryl methyl sites for hydroxylation is 2. The van der Waals surface area contributed by atoms with Gasteiger partial charge in [0.05, 0.1) is 17.7 Å². The maximum absolute atomic E-state index is 14.4. The van der Waals surface area contributed by atoms with Crippen LogP contribution in [-0.4, -0.2) is 57.4 Å². The smallest absolute Gasteiger partial charge is 0.255 e. The lowest BCUT2D eigenvalue weighted by atomic mass is 10.0. The largest absolute Gasteiger partial charge is 0.492 e. The van der Waals surface area contributed by atoms with Crippen LogP contribution in [0.15, 0.2) is 18.5 Å². The highest BCUT2D eigenvalue weighted by Crippen LogP contribution is 2.37. The predicted molar refractivity (Wildman–Crippen MR) is 134 cm³/mol. The zero-order valence-electron chi connectivity index (χ0n) is 21.0. The summed E-state index contributed by atoms with van der Waals surface area (Å²) in [5.74, 6) is 0.570. The van der Waals surface area contributed by atoms with Crippen molar-refractivity contribution in [2.75, 3.05) is 19.7 Å². The quantitative estimate of drug-likeness (QED) is 0.511. The van der Waals surface area contributed by atoms with Gasteiger partial charge in [0.1, 0.15) is 29.1 Å². The zero-order chi connectivity index (χ0) is 25.4. The number of carbonyl (C=O) groups is 2. The van der Waals surface area contributed by atoms with Gasteiger partial charge in [0, 0.05) is 42.9 Å². The molecular formula is C27H32FN5O3. The van der Waals surface area contributed by atoms with Crippen LogP contribution in [0.3, 0.4) is 0 Å². The number of hydrogen-bond donors (Lipinski definition) is 2. The van der Waals surface area contributed by atoms with E-state index >= 15 is 0 Å². The Labute approximate surface area is 209 Å². The molecule has 3 heterocycles. The minimum Gasteiger partial charge on any atom is -0.492 e. The van der Waals surface area contributed by atoms with Crippen LogP contribution in [0.1, 0.15) is 60.6 Å². The van der Waals surface area contributed by atoms with Crippen LogP contribution in [0.5, 0.6) is 5.75 Å². The van der Waals surface area contributed by atoms with Gasteiger partial charge in [0.15, 0.2) is 0 Å². The fourth-order valence-electron chi connectivity index (χ4n) is 4.82. The fourth-order valence-corrected chi connectivity index (χ4v) is 4.82. The van der Waals surface area contributed by atoms with Crippen LogP contribution in [0.25, 0.3) is 22.3 Å². The third-order valence-electron chi connectivity index (χ3n) is 7.17. The molecular weight excluding hydrogens is 461 g/mol. The summed E-state index contributed by atoms with van der Waals surface area (Å²) in [6, 6.07) is 3.15. The number of carbonyl (C=O) groups excluding carboxylic acids is 2. The summed E-state index contributed by atoms with van der Waals surface area (Å²) in [4.78, 5) is 39.4. The van der Waals surface area contributed by atoms with Gasteiger partial charge in [0.25, 0.3) is 5.91 Å². The third kappa shape index (κ3) is 4.79. The van der Waals surface area contributed by atoms with Gasteiger partial charge >= 0.3 is 0 Å². The molecule has 0 radical (unpaired) electrons. The van der Waals surface area contributed by atoms with Crippen LogP contribution in [0.2, 0.25) is 0 Å². The van der Waals surface area contributed by atoms with Gasteiger partial charge in [-0.25, -0.2) is 14.4 Å². The Kier molecular flexibility index (Phi) is 6.64. The van der Waals surface area contributed by atoms with Crippen LogP contribution < -0.4 is 10.1 Å². The van der Waals surface area contributed by atoms with E-state index < -0.39 is 0 Å². The molecule has 0 spiro atoms. The van der Waals surface area contributed by atoms with E-state index in [0.29, 0.717) is 76.9 Å². The molecule has 0 unspecified atom stereocenters. The van der Waals surface area contributed by atoms with Crippen LogP contribution in [0.4, 0.5) is 4.39 Å². The average molecular weight is 494 g/mol. The number of aromatic amines is 1. The van der Waals surface area contributed by atoms with Gasteiger partial charge in [-0.3, -0.25) is 9.59 Å². The number of piperidine rings is 1. The number of benzene rings is 1. The zero-order valence-corrected chi connectivity index (χ0v) is 21.0. The van der Waals surface area contributed by atoms with E-state index in [9.17, 15) is 14.0 Å². The lowest BCUT2D eigenvalue weighted by Crippen LogP contribution is -2.46. The first-order valence-corrected chi connectivity index (χ1v) is 12.7. The van der Waals surface area contributed by atoms with Gasteiger partial charge in [-0.05, 0) is 57.1 Å². The Morgan fingerprint density at radius 1 is 1.17 bits per heavy atom. The number of nitrogens with one attached hydrogen (secondary N) is 2. The highest BCUT2D eigenvalue weighted by atomic mass is 19.1. The summed E-state index contributed by atoms with van der Waals surface area (Å²) in [6.45, 7) is 7.24. The lowest BCUT2D eigenvalue weighted by Gasteiger charge is -2.32. The Morgan fingerprint density at radius 3 is 2.61 bits per heavy atom. The first kappa shape index (κ1) is 24.2. The van der Waals surface area contributed by atoms with Crippen molar-refractivity contribution in [3.63, 3.8) is 0 Å². The number of ether oxygens (including phenoxy) is 1. The Bertz CT molecular complexity index is 1310. The van der Waals surface area contributed by atoms with Crippen molar-refractivity contribution >= 4 is 22.8 Å². The number of aromatic nitrogens is 3. The lowest BCUT2D eigenvalue weighted by molar-refractivity contribution is -0.131. The minimum atomic E-state index is -0.329. The van der Waals surface area contributed by atoms with Crippen molar-refractivity contribution in [2.45, 2.75) is 58.9 Å². The molecule has 1 aromatic carbocycles. The maximum Gasteiger partial charge on any atom is 0.255 e. The average Bonchev–Trinajstić information content (AvgIpc) is 3.64. The molecule has 0 atom stereocenters. The molecule has 2 fully saturated rings. The highest BCUT2D eigenvalue weighted by Gasteiger charge is 2.27. The number of nitrogens with zero attached hydrogens (tertiary/aromatic N) is 3. The van der Waals surface area contributed by atoms with Crippen molar-refractivity contribution < 1.29 is 18.7 Å². The Hall–Kier alpha value is -3.49. The van der Waals surface area contributed by atoms with Crippen LogP contribution in [-0.2, 0) is 4.79 Å². The number of H-pyrrole nitrogens is 1. The molecule has 1 aliphatic heterocycles. The summed E-state index contributed by atoms with van der Waals surface area (Å²) < 4.78 is 20.4.